The zero-order valence-corrected chi connectivity index (χ0v) is 11.8. The molecule has 0 aliphatic carbocycles. The summed E-state index contributed by atoms with van der Waals surface area (Å²) in [5, 5.41) is 9.99. The largest absolute Gasteiger partial charge is 0.365 e. The van der Waals surface area contributed by atoms with E-state index in [1.807, 2.05) is 26.0 Å². The number of rotatable bonds is 2. The minimum absolute atomic E-state index is 0.156. The molecule has 0 atom stereocenters. The third-order valence-electron chi connectivity index (χ3n) is 3.10. The highest BCUT2D eigenvalue weighted by Crippen LogP contribution is 2.25. The van der Waals surface area contributed by atoms with Gasteiger partial charge in [-0.3, -0.25) is 4.79 Å². The fourth-order valence-corrected chi connectivity index (χ4v) is 2.05. The standard InChI is InChI=1S/C15H12ClN3O/c1-8-3-10-5-11(6-12(7-17)15(18)20)14(16)19-13(10)4-9(8)2/h3-6H,1-2H3,(H2,18,20)/b12-6+. The minimum atomic E-state index is -0.788. The fraction of sp³-hybridized carbons (Fsp3) is 0.133. The Morgan fingerprint density at radius 3 is 2.60 bits per heavy atom. The first-order valence-electron chi connectivity index (χ1n) is 5.91. The number of hydrogen-bond acceptors (Lipinski definition) is 3. The maximum absolute atomic E-state index is 11.1. The molecule has 2 aromatic rings. The molecule has 1 aromatic heterocycles. The van der Waals surface area contributed by atoms with Crippen molar-refractivity contribution in [2.75, 3.05) is 0 Å². The molecule has 20 heavy (non-hydrogen) atoms. The highest BCUT2D eigenvalue weighted by Gasteiger charge is 2.09. The van der Waals surface area contributed by atoms with E-state index in [0.29, 0.717) is 5.56 Å². The summed E-state index contributed by atoms with van der Waals surface area (Å²) in [4.78, 5) is 15.4. The predicted octanol–water partition coefficient (Wildman–Crippen LogP) is 2.90. The maximum Gasteiger partial charge on any atom is 0.259 e. The van der Waals surface area contributed by atoms with Gasteiger partial charge in [0.25, 0.3) is 5.91 Å². The Balaban J connectivity index is 2.67. The molecule has 5 heteroatoms. The smallest absolute Gasteiger partial charge is 0.259 e. The maximum atomic E-state index is 11.1. The first kappa shape index (κ1) is 14.0. The molecular weight excluding hydrogens is 274 g/mol. The monoisotopic (exact) mass is 285 g/mol. The quantitative estimate of drug-likeness (QED) is 0.523. The van der Waals surface area contributed by atoms with Crippen LogP contribution in [0.15, 0.2) is 23.8 Å². The molecule has 0 radical (unpaired) electrons. The number of fused-ring (bicyclic) bond motifs is 1. The molecule has 0 aliphatic heterocycles. The zero-order chi connectivity index (χ0) is 14.9. The first-order chi connectivity index (χ1) is 9.42. The van der Waals surface area contributed by atoms with Crippen molar-refractivity contribution in [3.8, 4) is 6.07 Å². The predicted molar refractivity (Wildman–Crippen MR) is 79.0 cm³/mol. The number of carbonyl (C=O) groups is 1. The van der Waals surface area contributed by atoms with E-state index in [1.54, 1.807) is 12.1 Å². The normalized spacial score (nSPS) is 11.4. The van der Waals surface area contributed by atoms with Crippen LogP contribution in [-0.4, -0.2) is 10.9 Å². The zero-order valence-electron chi connectivity index (χ0n) is 11.1. The van der Waals surface area contributed by atoms with Gasteiger partial charge in [-0.1, -0.05) is 11.6 Å². The number of hydrogen-bond donors (Lipinski definition) is 1. The van der Waals surface area contributed by atoms with E-state index in [9.17, 15) is 4.79 Å². The number of aryl methyl sites for hydroxylation is 2. The van der Waals surface area contributed by atoms with Crippen LogP contribution in [0.25, 0.3) is 17.0 Å². The SMILES string of the molecule is Cc1cc2cc(/C=C(\C#N)C(N)=O)c(Cl)nc2cc1C. The van der Waals surface area contributed by atoms with Crippen LogP contribution >= 0.6 is 11.6 Å². The van der Waals surface area contributed by atoms with Crippen LogP contribution in [0.1, 0.15) is 16.7 Å². The van der Waals surface area contributed by atoms with Gasteiger partial charge >= 0.3 is 0 Å². The Morgan fingerprint density at radius 2 is 2.00 bits per heavy atom. The molecule has 1 heterocycles. The van der Waals surface area contributed by atoms with Gasteiger partial charge in [-0.25, -0.2) is 4.98 Å². The van der Waals surface area contributed by atoms with Crippen LogP contribution in [0, 0.1) is 25.2 Å². The Kier molecular flexibility index (Phi) is 3.73. The van der Waals surface area contributed by atoms with Crippen LogP contribution in [0.5, 0.6) is 0 Å². The fourth-order valence-electron chi connectivity index (χ4n) is 1.85. The average Bonchev–Trinajstić information content (AvgIpc) is 2.38. The number of nitrogens with zero attached hydrogens (tertiary/aromatic N) is 2. The van der Waals surface area contributed by atoms with Crippen LogP contribution in [0.4, 0.5) is 0 Å². The Morgan fingerprint density at radius 1 is 1.35 bits per heavy atom. The molecule has 2 N–H and O–H groups in total. The molecule has 4 nitrogen and oxygen atoms in total. The molecule has 0 bridgehead atoms. The summed E-state index contributed by atoms with van der Waals surface area (Å²) in [6.45, 7) is 4.00. The lowest BCUT2D eigenvalue weighted by Gasteiger charge is -2.06. The summed E-state index contributed by atoms with van der Waals surface area (Å²) in [6, 6.07) is 7.47. The van der Waals surface area contributed by atoms with Gasteiger partial charge in [0.1, 0.15) is 16.8 Å². The Bertz CT molecular complexity index is 788. The van der Waals surface area contributed by atoms with Crippen LogP contribution in [-0.2, 0) is 4.79 Å². The third-order valence-corrected chi connectivity index (χ3v) is 3.40. The lowest BCUT2D eigenvalue weighted by molar-refractivity contribution is -0.114. The second-order valence-corrected chi connectivity index (χ2v) is 4.89. The van der Waals surface area contributed by atoms with Gasteiger partial charge in [0.2, 0.25) is 0 Å². The van der Waals surface area contributed by atoms with E-state index in [0.717, 1.165) is 22.0 Å². The van der Waals surface area contributed by atoms with Gasteiger partial charge in [0.05, 0.1) is 5.52 Å². The van der Waals surface area contributed by atoms with Gasteiger partial charge in [0, 0.05) is 10.9 Å². The number of benzene rings is 1. The second kappa shape index (κ2) is 5.32. The second-order valence-electron chi connectivity index (χ2n) is 4.53. The molecule has 0 fully saturated rings. The molecule has 0 unspecified atom stereocenters. The third kappa shape index (κ3) is 2.63. The van der Waals surface area contributed by atoms with Crippen molar-refractivity contribution in [1.82, 2.24) is 4.98 Å². The Labute approximate surface area is 121 Å². The number of carbonyl (C=O) groups excluding carboxylic acids is 1. The van der Waals surface area contributed by atoms with Crippen molar-refractivity contribution >= 4 is 34.5 Å². The summed E-state index contributed by atoms with van der Waals surface area (Å²) < 4.78 is 0. The molecule has 0 saturated heterocycles. The summed E-state index contributed by atoms with van der Waals surface area (Å²) >= 11 is 6.08. The van der Waals surface area contributed by atoms with E-state index in [1.165, 1.54) is 6.08 Å². The van der Waals surface area contributed by atoms with Crippen molar-refractivity contribution < 1.29 is 4.79 Å². The molecule has 100 valence electrons. The summed E-state index contributed by atoms with van der Waals surface area (Å²) in [5.41, 5.74) is 8.48. The van der Waals surface area contributed by atoms with Crippen molar-refractivity contribution in [2.24, 2.45) is 5.73 Å². The van der Waals surface area contributed by atoms with Crippen molar-refractivity contribution in [2.45, 2.75) is 13.8 Å². The molecule has 2 rings (SSSR count). The number of nitriles is 1. The summed E-state index contributed by atoms with van der Waals surface area (Å²) in [6.07, 6.45) is 1.35. The van der Waals surface area contributed by atoms with Gasteiger partial charge < -0.3 is 5.73 Å². The van der Waals surface area contributed by atoms with E-state index in [4.69, 9.17) is 22.6 Å². The average molecular weight is 286 g/mol. The molecule has 0 spiro atoms. The highest BCUT2D eigenvalue weighted by atomic mass is 35.5. The van der Waals surface area contributed by atoms with Crippen LogP contribution in [0.2, 0.25) is 5.15 Å². The van der Waals surface area contributed by atoms with Gasteiger partial charge in [-0.15, -0.1) is 0 Å². The van der Waals surface area contributed by atoms with Gasteiger partial charge in [0.15, 0.2) is 0 Å². The topological polar surface area (TPSA) is 79.8 Å². The number of nitrogens with two attached hydrogens (primary N) is 1. The van der Waals surface area contributed by atoms with Crippen molar-refractivity contribution in [1.29, 1.82) is 5.26 Å². The van der Waals surface area contributed by atoms with Crippen LogP contribution in [0.3, 0.4) is 0 Å². The Hall–Kier alpha value is -2.38. The number of aromatic nitrogens is 1. The van der Waals surface area contributed by atoms with Crippen LogP contribution < -0.4 is 5.73 Å². The van der Waals surface area contributed by atoms with E-state index >= 15 is 0 Å². The van der Waals surface area contributed by atoms with E-state index < -0.39 is 5.91 Å². The molecule has 0 aliphatic rings. The minimum Gasteiger partial charge on any atom is -0.365 e. The number of amides is 1. The van der Waals surface area contributed by atoms with E-state index in [-0.39, 0.29) is 10.7 Å². The molecule has 1 aromatic carbocycles. The molecular formula is C15H12ClN3O. The first-order valence-corrected chi connectivity index (χ1v) is 6.29. The number of halogens is 1. The molecule has 0 saturated carbocycles. The molecule has 1 amide bonds. The highest BCUT2D eigenvalue weighted by molar-refractivity contribution is 6.31. The number of primary amides is 1. The number of pyridine rings is 1. The van der Waals surface area contributed by atoms with Gasteiger partial charge in [-0.2, -0.15) is 5.26 Å². The summed E-state index contributed by atoms with van der Waals surface area (Å²) in [5.74, 6) is -0.788. The lowest BCUT2D eigenvalue weighted by Crippen LogP contribution is -2.12. The lowest BCUT2D eigenvalue weighted by atomic mass is 10.0. The van der Waals surface area contributed by atoms with Gasteiger partial charge in [-0.05, 0) is 49.2 Å². The van der Waals surface area contributed by atoms with Crippen molar-refractivity contribution in [3.63, 3.8) is 0 Å². The van der Waals surface area contributed by atoms with E-state index in [2.05, 4.69) is 4.98 Å². The van der Waals surface area contributed by atoms with Crippen molar-refractivity contribution in [3.05, 3.63) is 45.6 Å². The summed E-state index contributed by atoms with van der Waals surface area (Å²) in [7, 11) is 0.